The number of H-pyrrole nitrogens is 1. The molecule has 1 saturated heterocycles. The smallest absolute Gasteiger partial charge is 0.328 e. The van der Waals surface area contributed by atoms with E-state index in [0.717, 1.165) is 26.1 Å². The van der Waals surface area contributed by atoms with Gasteiger partial charge in [0.2, 0.25) is 0 Å². The highest BCUT2D eigenvalue weighted by Crippen LogP contribution is 2.10. The largest absolute Gasteiger partial charge is 0.337 e. The first-order valence-electron chi connectivity index (χ1n) is 8.40. The zero-order valence-corrected chi connectivity index (χ0v) is 14.3. The van der Waals surface area contributed by atoms with E-state index in [2.05, 4.69) is 22.0 Å². The third-order valence-corrected chi connectivity index (χ3v) is 4.46. The lowest BCUT2D eigenvalue weighted by atomic mass is 10.2. The van der Waals surface area contributed by atoms with E-state index in [0.29, 0.717) is 13.1 Å². The topological polar surface area (TPSA) is 78.4 Å². The molecule has 0 radical (unpaired) electrons. The van der Waals surface area contributed by atoms with Crippen LogP contribution < -0.4 is 11.2 Å². The average molecular weight is 342 g/mol. The molecule has 0 atom stereocenters. The quantitative estimate of drug-likeness (QED) is 0.877. The fraction of sp³-hybridized carbons (Fsp3) is 0.389. The first-order valence-corrected chi connectivity index (χ1v) is 8.40. The maximum Gasteiger partial charge on any atom is 0.328 e. The Morgan fingerprint density at radius 1 is 1.08 bits per heavy atom. The molecule has 7 nitrogen and oxygen atoms in total. The number of nitrogens with one attached hydrogen (secondary N) is 1. The van der Waals surface area contributed by atoms with Gasteiger partial charge in [-0.05, 0) is 12.0 Å². The highest BCUT2D eigenvalue weighted by Gasteiger charge is 2.23. The molecule has 0 spiro atoms. The van der Waals surface area contributed by atoms with Crippen molar-refractivity contribution < 1.29 is 4.79 Å². The Morgan fingerprint density at radius 3 is 2.60 bits per heavy atom. The molecule has 7 heteroatoms. The fourth-order valence-electron chi connectivity index (χ4n) is 3.06. The Kier molecular flexibility index (Phi) is 5.14. The zero-order valence-electron chi connectivity index (χ0n) is 14.3. The second-order valence-corrected chi connectivity index (χ2v) is 6.32. The minimum atomic E-state index is -0.626. The third-order valence-electron chi connectivity index (χ3n) is 4.46. The van der Waals surface area contributed by atoms with E-state index in [1.54, 1.807) is 4.90 Å². The van der Waals surface area contributed by atoms with Crippen LogP contribution in [-0.2, 0) is 13.6 Å². The number of rotatable bonds is 3. The van der Waals surface area contributed by atoms with Gasteiger partial charge in [0.1, 0.15) is 5.56 Å². The molecule has 2 heterocycles. The van der Waals surface area contributed by atoms with Crippen LogP contribution in [0.25, 0.3) is 0 Å². The summed E-state index contributed by atoms with van der Waals surface area (Å²) < 4.78 is 1.22. The van der Waals surface area contributed by atoms with E-state index in [-0.39, 0.29) is 11.5 Å². The van der Waals surface area contributed by atoms with Crippen molar-refractivity contribution in [2.24, 2.45) is 7.05 Å². The molecule has 1 aromatic heterocycles. The van der Waals surface area contributed by atoms with Crippen LogP contribution in [0.4, 0.5) is 0 Å². The predicted octanol–water partition coefficient (Wildman–Crippen LogP) is 0.422. The number of amides is 1. The number of aryl methyl sites for hydroxylation is 1. The van der Waals surface area contributed by atoms with E-state index in [4.69, 9.17) is 0 Å². The highest BCUT2D eigenvalue weighted by molar-refractivity contribution is 5.93. The second kappa shape index (κ2) is 7.48. The van der Waals surface area contributed by atoms with E-state index < -0.39 is 11.2 Å². The molecular formula is C18H22N4O3. The molecule has 0 aliphatic carbocycles. The van der Waals surface area contributed by atoms with Crippen molar-refractivity contribution in [1.82, 2.24) is 19.4 Å². The number of carbonyl (C=O) groups excluding carboxylic acids is 1. The van der Waals surface area contributed by atoms with Crippen molar-refractivity contribution >= 4 is 5.91 Å². The molecule has 1 aliphatic rings. The van der Waals surface area contributed by atoms with Gasteiger partial charge in [-0.1, -0.05) is 30.3 Å². The third kappa shape index (κ3) is 4.06. The first-order chi connectivity index (χ1) is 12.0. The summed E-state index contributed by atoms with van der Waals surface area (Å²) in [5.74, 6) is -0.321. The van der Waals surface area contributed by atoms with E-state index >= 15 is 0 Å². The molecule has 3 rings (SSSR count). The number of benzene rings is 1. The molecule has 0 unspecified atom stereocenters. The second-order valence-electron chi connectivity index (χ2n) is 6.32. The number of hydrogen-bond donors (Lipinski definition) is 1. The van der Waals surface area contributed by atoms with Crippen molar-refractivity contribution in [1.29, 1.82) is 0 Å². The molecule has 1 fully saturated rings. The standard InChI is InChI=1S/C18H22N4O3/c1-20-13-15(16(23)19-18(20)25)17(24)22-9-5-8-21(10-11-22)12-14-6-3-2-4-7-14/h2-4,6-7,13H,5,8-12H2,1H3,(H,19,23,25). The van der Waals surface area contributed by atoms with Crippen LogP contribution in [0.15, 0.2) is 46.1 Å². The summed E-state index contributed by atoms with van der Waals surface area (Å²) in [6.45, 7) is 3.68. The molecule has 25 heavy (non-hydrogen) atoms. The summed E-state index contributed by atoms with van der Waals surface area (Å²) >= 11 is 0. The van der Waals surface area contributed by atoms with Crippen LogP contribution in [-0.4, -0.2) is 51.4 Å². The van der Waals surface area contributed by atoms with Crippen LogP contribution in [0.3, 0.4) is 0 Å². The average Bonchev–Trinajstić information content (AvgIpc) is 2.84. The summed E-state index contributed by atoms with van der Waals surface area (Å²) in [7, 11) is 1.51. The number of aromatic nitrogens is 2. The van der Waals surface area contributed by atoms with Crippen LogP contribution in [0.2, 0.25) is 0 Å². The van der Waals surface area contributed by atoms with Crippen molar-refractivity contribution in [3.63, 3.8) is 0 Å². The molecule has 0 bridgehead atoms. The lowest BCUT2D eigenvalue weighted by Crippen LogP contribution is -2.40. The summed E-state index contributed by atoms with van der Waals surface area (Å²) in [5, 5.41) is 0. The van der Waals surface area contributed by atoms with Gasteiger partial charge in [0, 0.05) is 46.0 Å². The molecule has 1 amide bonds. The van der Waals surface area contributed by atoms with Gasteiger partial charge in [-0.3, -0.25) is 19.5 Å². The summed E-state index contributed by atoms with van der Waals surface area (Å²) in [4.78, 5) is 42.2. The minimum Gasteiger partial charge on any atom is -0.337 e. The van der Waals surface area contributed by atoms with Crippen LogP contribution in [0.1, 0.15) is 22.3 Å². The van der Waals surface area contributed by atoms with E-state index in [9.17, 15) is 14.4 Å². The lowest BCUT2D eigenvalue weighted by molar-refractivity contribution is 0.0758. The Labute approximate surface area is 145 Å². The fourth-order valence-corrected chi connectivity index (χ4v) is 3.06. The number of aromatic amines is 1. The number of carbonyl (C=O) groups is 1. The van der Waals surface area contributed by atoms with Crippen LogP contribution in [0.5, 0.6) is 0 Å². The number of hydrogen-bond acceptors (Lipinski definition) is 4. The monoisotopic (exact) mass is 342 g/mol. The highest BCUT2D eigenvalue weighted by atomic mass is 16.2. The molecule has 1 aliphatic heterocycles. The summed E-state index contributed by atoms with van der Waals surface area (Å²) in [6, 6.07) is 10.2. The minimum absolute atomic E-state index is 0.0126. The molecule has 1 aromatic carbocycles. The van der Waals surface area contributed by atoms with Crippen molar-refractivity contribution in [3.05, 3.63) is 68.5 Å². The maximum absolute atomic E-state index is 12.7. The zero-order chi connectivity index (χ0) is 17.8. The van der Waals surface area contributed by atoms with Crippen molar-refractivity contribution in [2.75, 3.05) is 26.2 Å². The molecule has 1 N–H and O–H groups in total. The van der Waals surface area contributed by atoms with E-state index in [1.807, 2.05) is 18.2 Å². The lowest BCUT2D eigenvalue weighted by Gasteiger charge is -2.22. The van der Waals surface area contributed by atoms with Gasteiger partial charge < -0.3 is 9.47 Å². The van der Waals surface area contributed by atoms with Gasteiger partial charge >= 0.3 is 5.69 Å². The van der Waals surface area contributed by atoms with Crippen molar-refractivity contribution in [2.45, 2.75) is 13.0 Å². The Balaban J connectivity index is 1.68. The van der Waals surface area contributed by atoms with E-state index in [1.165, 1.54) is 23.4 Å². The molecule has 132 valence electrons. The van der Waals surface area contributed by atoms with Crippen LogP contribution >= 0.6 is 0 Å². The number of nitrogens with zero attached hydrogens (tertiary/aromatic N) is 3. The van der Waals surface area contributed by atoms with Gasteiger partial charge in [0.25, 0.3) is 11.5 Å². The molecular weight excluding hydrogens is 320 g/mol. The Hall–Kier alpha value is -2.67. The first kappa shape index (κ1) is 17.2. The maximum atomic E-state index is 12.7. The van der Waals surface area contributed by atoms with Gasteiger partial charge in [0.05, 0.1) is 0 Å². The molecule has 2 aromatic rings. The van der Waals surface area contributed by atoms with Gasteiger partial charge in [-0.15, -0.1) is 0 Å². The predicted molar refractivity (Wildman–Crippen MR) is 94.5 cm³/mol. The SMILES string of the molecule is Cn1cc(C(=O)N2CCCN(Cc3ccccc3)CC2)c(=O)[nH]c1=O. The van der Waals surface area contributed by atoms with Crippen LogP contribution in [0, 0.1) is 0 Å². The Morgan fingerprint density at radius 2 is 1.84 bits per heavy atom. The van der Waals surface area contributed by atoms with Gasteiger partial charge in [-0.25, -0.2) is 4.79 Å². The molecule has 0 saturated carbocycles. The summed E-state index contributed by atoms with van der Waals surface area (Å²) in [5.41, 5.74) is 0.111. The van der Waals surface area contributed by atoms with Gasteiger partial charge in [0.15, 0.2) is 0 Å². The Bertz CT molecular complexity index is 857. The summed E-state index contributed by atoms with van der Waals surface area (Å²) in [6.07, 6.45) is 2.17. The normalized spacial score (nSPS) is 15.8. The van der Waals surface area contributed by atoms with Crippen molar-refractivity contribution in [3.8, 4) is 0 Å². The van der Waals surface area contributed by atoms with Gasteiger partial charge in [-0.2, -0.15) is 0 Å².